The van der Waals surface area contributed by atoms with Crippen LogP contribution in [0.3, 0.4) is 0 Å². The summed E-state index contributed by atoms with van der Waals surface area (Å²) in [4.78, 5) is 22.2. The van der Waals surface area contributed by atoms with Crippen molar-refractivity contribution in [1.82, 2.24) is 0 Å². The number of benzene rings is 1. The van der Waals surface area contributed by atoms with Crippen LogP contribution in [0, 0.1) is 0 Å². The van der Waals surface area contributed by atoms with Crippen LogP contribution in [0.4, 0.5) is 0 Å². The van der Waals surface area contributed by atoms with Crippen LogP contribution in [0.15, 0.2) is 36.9 Å². The molecule has 4 heteroatoms. The summed E-state index contributed by atoms with van der Waals surface area (Å²) in [6, 6.07) is 5.79. The summed E-state index contributed by atoms with van der Waals surface area (Å²) in [6.07, 6.45) is 5.99. The summed E-state index contributed by atoms with van der Waals surface area (Å²) in [6.45, 7) is 3.64. The second-order valence-electron chi connectivity index (χ2n) is 4.19. The van der Waals surface area contributed by atoms with Crippen molar-refractivity contribution in [2.75, 3.05) is 0 Å². The quantitative estimate of drug-likeness (QED) is 0.337. The van der Waals surface area contributed by atoms with E-state index in [2.05, 4.69) is 6.58 Å². The standard InChI is InChI=1S/C15H18O4/c1-2-3-4-5-6-7-14(16)19-13-10-8-12(9-11-13)15(17)18/h2,8-11H,1,3-7H2,(H,17,18). The van der Waals surface area contributed by atoms with Crippen molar-refractivity contribution >= 4 is 11.9 Å². The number of unbranched alkanes of at least 4 members (excludes halogenated alkanes) is 3. The number of carbonyl (C=O) groups excluding carboxylic acids is 1. The van der Waals surface area contributed by atoms with E-state index in [-0.39, 0.29) is 11.5 Å². The maximum absolute atomic E-state index is 11.5. The van der Waals surface area contributed by atoms with Crippen molar-refractivity contribution in [3.05, 3.63) is 42.5 Å². The van der Waals surface area contributed by atoms with Gasteiger partial charge in [-0.15, -0.1) is 6.58 Å². The van der Waals surface area contributed by atoms with Crippen LogP contribution in [0.2, 0.25) is 0 Å². The first-order valence-corrected chi connectivity index (χ1v) is 6.28. The normalized spacial score (nSPS) is 9.89. The lowest BCUT2D eigenvalue weighted by molar-refractivity contribution is -0.134. The van der Waals surface area contributed by atoms with Crippen LogP contribution in [0.5, 0.6) is 5.75 Å². The summed E-state index contributed by atoms with van der Waals surface area (Å²) in [5.41, 5.74) is 0.171. The fraction of sp³-hybridized carbons (Fsp3) is 0.333. The predicted molar refractivity (Wildman–Crippen MR) is 72.3 cm³/mol. The fourth-order valence-electron chi connectivity index (χ4n) is 1.58. The van der Waals surface area contributed by atoms with Crippen molar-refractivity contribution in [3.8, 4) is 5.75 Å². The van der Waals surface area contributed by atoms with Gasteiger partial charge in [-0.3, -0.25) is 4.79 Å². The average Bonchev–Trinajstić information content (AvgIpc) is 2.39. The Morgan fingerprint density at radius 1 is 1.16 bits per heavy atom. The molecule has 102 valence electrons. The van der Waals surface area contributed by atoms with Gasteiger partial charge in [-0.1, -0.05) is 12.5 Å². The molecule has 0 radical (unpaired) electrons. The molecular formula is C15H18O4. The molecule has 0 aromatic heterocycles. The van der Waals surface area contributed by atoms with Crippen molar-refractivity contribution in [2.24, 2.45) is 0 Å². The smallest absolute Gasteiger partial charge is 0.335 e. The van der Waals surface area contributed by atoms with E-state index in [1.54, 1.807) is 0 Å². The van der Waals surface area contributed by atoms with Crippen molar-refractivity contribution in [2.45, 2.75) is 32.1 Å². The highest BCUT2D eigenvalue weighted by molar-refractivity contribution is 5.87. The van der Waals surface area contributed by atoms with Crippen LogP contribution in [-0.4, -0.2) is 17.0 Å². The lowest BCUT2D eigenvalue weighted by Gasteiger charge is -2.04. The Morgan fingerprint density at radius 2 is 1.84 bits per heavy atom. The minimum absolute atomic E-state index is 0.171. The van der Waals surface area contributed by atoms with Crippen LogP contribution < -0.4 is 4.74 Å². The number of carboxylic acid groups (broad SMARTS) is 1. The molecule has 0 atom stereocenters. The minimum atomic E-state index is -1.000. The van der Waals surface area contributed by atoms with Gasteiger partial charge in [0.1, 0.15) is 5.75 Å². The summed E-state index contributed by atoms with van der Waals surface area (Å²) >= 11 is 0. The van der Waals surface area contributed by atoms with Gasteiger partial charge in [0, 0.05) is 6.42 Å². The average molecular weight is 262 g/mol. The number of ether oxygens (including phenoxy) is 1. The molecule has 0 aliphatic carbocycles. The lowest BCUT2D eigenvalue weighted by Crippen LogP contribution is -2.07. The number of rotatable bonds is 8. The molecule has 1 rings (SSSR count). The number of carboxylic acids is 1. The van der Waals surface area contributed by atoms with Gasteiger partial charge in [0.25, 0.3) is 0 Å². The molecule has 0 amide bonds. The summed E-state index contributed by atoms with van der Waals surface area (Å²) < 4.78 is 5.10. The Morgan fingerprint density at radius 3 is 2.42 bits per heavy atom. The first-order valence-electron chi connectivity index (χ1n) is 6.28. The molecule has 4 nitrogen and oxygen atoms in total. The molecule has 0 unspecified atom stereocenters. The third-order valence-electron chi connectivity index (χ3n) is 2.62. The van der Waals surface area contributed by atoms with E-state index < -0.39 is 5.97 Å². The number of carbonyl (C=O) groups is 2. The van der Waals surface area contributed by atoms with Gasteiger partial charge in [0.2, 0.25) is 0 Å². The summed E-state index contributed by atoms with van der Waals surface area (Å²) in [5, 5.41) is 8.73. The highest BCUT2D eigenvalue weighted by Crippen LogP contribution is 2.14. The lowest BCUT2D eigenvalue weighted by atomic mass is 10.1. The monoisotopic (exact) mass is 262 g/mol. The van der Waals surface area contributed by atoms with Crippen LogP contribution >= 0.6 is 0 Å². The molecule has 0 heterocycles. The SMILES string of the molecule is C=CCCCCCC(=O)Oc1ccc(C(=O)O)cc1. The Hall–Kier alpha value is -2.10. The zero-order valence-electron chi connectivity index (χ0n) is 10.8. The third-order valence-corrected chi connectivity index (χ3v) is 2.62. The number of hydrogen-bond donors (Lipinski definition) is 1. The molecule has 1 aromatic rings. The van der Waals surface area contributed by atoms with Crippen molar-refractivity contribution < 1.29 is 19.4 Å². The van der Waals surface area contributed by atoms with E-state index in [4.69, 9.17) is 9.84 Å². The second kappa shape index (κ2) is 8.08. The van der Waals surface area contributed by atoms with Crippen molar-refractivity contribution in [1.29, 1.82) is 0 Å². The molecule has 0 saturated heterocycles. The topological polar surface area (TPSA) is 63.6 Å². The van der Waals surface area contributed by atoms with Crippen LogP contribution in [0.1, 0.15) is 42.5 Å². The molecule has 0 aliphatic rings. The zero-order chi connectivity index (χ0) is 14.1. The second-order valence-corrected chi connectivity index (χ2v) is 4.19. The Labute approximate surface area is 112 Å². The first kappa shape index (κ1) is 15.0. The number of aromatic carboxylic acids is 1. The van der Waals surface area contributed by atoms with Gasteiger partial charge in [-0.2, -0.15) is 0 Å². The maximum Gasteiger partial charge on any atom is 0.335 e. The van der Waals surface area contributed by atoms with E-state index in [1.807, 2.05) is 6.08 Å². The Balaban J connectivity index is 2.31. The van der Waals surface area contributed by atoms with Crippen LogP contribution in [-0.2, 0) is 4.79 Å². The van der Waals surface area contributed by atoms with E-state index in [1.165, 1.54) is 24.3 Å². The van der Waals surface area contributed by atoms with E-state index in [9.17, 15) is 9.59 Å². The summed E-state index contributed by atoms with van der Waals surface area (Å²) in [5.74, 6) is -0.914. The van der Waals surface area contributed by atoms with Gasteiger partial charge in [0.05, 0.1) is 5.56 Å². The van der Waals surface area contributed by atoms with E-state index in [0.29, 0.717) is 12.2 Å². The largest absolute Gasteiger partial charge is 0.478 e. The highest BCUT2D eigenvalue weighted by Gasteiger charge is 2.06. The van der Waals surface area contributed by atoms with Gasteiger partial charge < -0.3 is 9.84 Å². The van der Waals surface area contributed by atoms with Crippen molar-refractivity contribution in [3.63, 3.8) is 0 Å². The molecule has 0 aliphatic heterocycles. The molecule has 1 N–H and O–H groups in total. The molecule has 0 saturated carbocycles. The van der Waals surface area contributed by atoms with E-state index in [0.717, 1.165) is 25.7 Å². The Kier molecular flexibility index (Phi) is 6.36. The zero-order valence-corrected chi connectivity index (χ0v) is 10.8. The predicted octanol–water partition coefficient (Wildman–Crippen LogP) is 3.43. The maximum atomic E-state index is 11.5. The first-order chi connectivity index (χ1) is 9.13. The van der Waals surface area contributed by atoms with E-state index >= 15 is 0 Å². The van der Waals surface area contributed by atoms with Gasteiger partial charge in [0.15, 0.2) is 0 Å². The van der Waals surface area contributed by atoms with Gasteiger partial charge in [-0.05, 0) is 43.5 Å². The van der Waals surface area contributed by atoms with Gasteiger partial charge >= 0.3 is 11.9 Å². The number of allylic oxidation sites excluding steroid dienone is 1. The minimum Gasteiger partial charge on any atom is -0.478 e. The molecular weight excluding hydrogens is 244 g/mol. The molecule has 0 spiro atoms. The fourth-order valence-corrected chi connectivity index (χ4v) is 1.58. The van der Waals surface area contributed by atoms with Gasteiger partial charge in [-0.25, -0.2) is 4.79 Å². The van der Waals surface area contributed by atoms with Crippen LogP contribution in [0.25, 0.3) is 0 Å². The molecule has 19 heavy (non-hydrogen) atoms. The molecule has 0 bridgehead atoms. The molecule has 1 aromatic carbocycles. The molecule has 0 fully saturated rings. The Bertz CT molecular complexity index is 434. The number of esters is 1. The number of hydrogen-bond acceptors (Lipinski definition) is 3. The highest BCUT2D eigenvalue weighted by atomic mass is 16.5. The summed E-state index contributed by atoms with van der Waals surface area (Å²) in [7, 11) is 0. The third kappa shape index (κ3) is 5.86.